The number of nitrogens with zero attached hydrogens (tertiary/aromatic N) is 2. The highest BCUT2D eigenvalue weighted by molar-refractivity contribution is 5.81. The molecule has 1 atom stereocenters. The molecule has 0 bridgehead atoms. The van der Waals surface area contributed by atoms with Crippen LogP contribution >= 0.6 is 0 Å². The zero-order chi connectivity index (χ0) is 17.6. The number of likely N-dealkylation sites (tertiary alicyclic amines) is 2. The number of amides is 2. The van der Waals surface area contributed by atoms with Crippen molar-refractivity contribution in [2.75, 3.05) is 26.2 Å². The monoisotopic (exact) mass is 344 g/mol. The molecule has 2 heterocycles. The highest BCUT2D eigenvalue weighted by atomic mass is 16.5. The number of benzene rings is 1. The van der Waals surface area contributed by atoms with Crippen LogP contribution in [0.3, 0.4) is 0 Å². The minimum absolute atomic E-state index is 0.0283. The van der Waals surface area contributed by atoms with Crippen LogP contribution in [0.5, 0.6) is 0 Å². The van der Waals surface area contributed by atoms with E-state index in [0.29, 0.717) is 13.2 Å². The summed E-state index contributed by atoms with van der Waals surface area (Å²) in [6.07, 6.45) is 3.83. The van der Waals surface area contributed by atoms with Gasteiger partial charge in [0.2, 0.25) is 11.8 Å². The summed E-state index contributed by atoms with van der Waals surface area (Å²) < 4.78 is 6.00. The van der Waals surface area contributed by atoms with Gasteiger partial charge in [-0.05, 0) is 31.2 Å². The number of ether oxygens (including phenoxy) is 1. The number of hydrogen-bond acceptors (Lipinski definition) is 3. The van der Waals surface area contributed by atoms with Gasteiger partial charge in [0.05, 0.1) is 18.6 Å². The number of hydrogen-bond donors (Lipinski definition) is 0. The lowest BCUT2D eigenvalue weighted by Crippen LogP contribution is -2.49. The van der Waals surface area contributed by atoms with Crippen molar-refractivity contribution < 1.29 is 14.3 Å². The summed E-state index contributed by atoms with van der Waals surface area (Å²) in [7, 11) is 0. The molecule has 1 aromatic carbocycles. The Labute approximate surface area is 149 Å². The minimum atomic E-state index is -0.0283. The zero-order valence-corrected chi connectivity index (χ0v) is 15.0. The molecule has 0 N–H and O–H groups in total. The molecule has 2 aliphatic heterocycles. The predicted octanol–water partition coefficient (Wildman–Crippen LogP) is 2.45. The molecule has 0 spiro atoms. The largest absolute Gasteiger partial charge is 0.373 e. The van der Waals surface area contributed by atoms with E-state index in [1.54, 1.807) is 6.92 Å². The second-order valence-electron chi connectivity index (χ2n) is 7.13. The van der Waals surface area contributed by atoms with Gasteiger partial charge in [0.25, 0.3) is 0 Å². The molecular weight excluding hydrogens is 316 g/mol. The smallest absolute Gasteiger partial charge is 0.227 e. The number of carbonyl (C=O) groups is 2. The fourth-order valence-electron chi connectivity index (χ4n) is 3.75. The van der Waals surface area contributed by atoms with Crippen LogP contribution in [0.15, 0.2) is 30.3 Å². The van der Waals surface area contributed by atoms with Crippen molar-refractivity contribution >= 4 is 11.8 Å². The summed E-state index contributed by atoms with van der Waals surface area (Å²) in [5, 5.41) is 0. The van der Waals surface area contributed by atoms with Crippen LogP contribution in [0.4, 0.5) is 0 Å². The maximum Gasteiger partial charge on any atom is 0.227 e. The van der Waals surface area contributed by atoms with E-state index in [4.69, 9.17) is 4.74 Å². The summed E-state index contributed by atoms with van der Waals surface area (Å²) in [6, 6.07) is 10.2. The summed E-state index contributed by atoms with van der Waals surface area (Å²) in [6.45, 7) is 5.11. The first-order valence-corrected chi connectivity index (χ1v) is 9.33. The highest BCUT2D eigenvalue weighted by Gasteiger charge is 2.32. The standard InChI is InChI=1S/C20H28N2O3/c1-16(23)22-11-5-8-18(14-22)20(24)21-12-9-19(10-13-21)25-15-17-6-3-2-4-7-17/h2-4,6-7,18-19H,5,8-15H2,1H3. The minimum Gasteiger partial charge on any atom is -0.373 e. The normalized spacial score (nSPS) is 22.0. The Morgan fingerprint density at radius 2 is 1.76 bits per heavy atom. The Balaban J connectivity index is 1.43. The van der Waals surface area contributed by atoms with Crippen molar-refractivity contribution in [2.24, 2.45) is 5.92 Å². The summed E-state index contributed by atoms with van der Waals surface area (Å²) in [5.41, 5.74) is 1.19. The van der Waals surface area contributed by atoms with Crippen LogP contribution in [0.25, 0.3) is 0 Å². The summed E-state index contributed by atoms with van der Waals surface area (Å²) in [5.74, 6) is 0.261. The molecule has 3 rings (SSSR count). The summed E-state index contributed by atoms with van der Waals surface area (Å²) in [4.78, 5) is 28.1. The fraction of sp³-hybridized carbons (Fsp3) is 0.600. The lowest BCUT2D eigenvalue weighted by atomic mass is 9.95. The molecule has 5 nitrogen and oxygen atoms in total. The van der Waals surface area contributed by atoms with Gasteiger partial charge in [-0.15, -0.1) is 0 Å². The van der Waals surface area contributed by atoms with Crippen LogP contribution in [-0.2, 0) is 20.9 Å². The van der Waals surface area contributed by atoms with Gasteiger partial charge in [-0.25, -0.2) is 0 Å². The van der Waals surface area contributed by atoms with E-state index in [1.807, 2.05) is 28.0 Å². The van der Waals surface area contributed by atoms with Gasteiger partial charge >= 0.3 is 0 Å². The van der Waals surface area contributed by atoms with Crippen molar-refractivity contribution in [1.82, 2.24) is 9.80 Å². The zero-order valence-electron chi connectivity index (χ0n) is 15.0. The quantitative estimate of drug-likeness (QED) is 0.843. The van der Waals surface area contributed by atoms with E-state index in [2.05, 4.69) is 12.1 Å². The Kier molecular flexibility index (Phi) is 6.08. The molecule has 0 saturated carbocycles. The maximum atomic E-state index is 12.8. The molecule has 1 unspecified atom stereocenters. The van der Waals surface area contributed by atoms with Crippen LogP contribution in [0.1, 0.15) is 38.2 Å². The first kappa shape index (κ1) is 17.9. The topological polar surface area (TPSA) is 49.9 Å². The first-order valence-electron chi connectivity index (χ1n) is 9.33. The third kappa shape index (κ3) is 4.82. The molecule has 0 aliphatic carbocycles. The van der Waals surface area contributed by atoms with Gasteiger partial charge in [-0.1, -0.05) is 30.3 Å². The van der Waals surface area contributed by atoms with Crippen molar-refractivity contribution in [3.8, 4) is 0 Å². The lowest BCUT2D eigenvalue weighted by Gasteiger charge is -2.37. The molecule has 2 aliphatic rings. The molecule has 5 heteroatoms. The van der Waals surface area contributed by atoms with Crippen LogP contribution < -0.4 is 0 Å². The second-order valence-corrected chi connectivity index (χ2v) is 7.13. The van der Waals surface area contributed by atoms with Gasteiger partial charge in [-0.3, -0.25) is 9.59 Å². The fourth-order valence-corrected chi connectivity index (χ4v) is 3.75. The lowest BCUT2D eigenvalue weighted by molar-refractivity contribution is -0.142. The summed E-state index contributed by atoms with van der Waals surface area (Å²) >= 11 is 0. The van der Waals surface area contributed by atoms with Crippen molar-refractivity contribution in [1.29, 1.82) is 0 Å². The molecule has 0 radical (unpaired) electrons. The average Bonchev–Trinajstić information content (AvgIpc) is 2.67. The molecule has 136 valence electrons. The van der Waals surface area contributed by atoms with Crippen molar-refractivity contribution in [2.45, 2.75) is 45.3 Å². The van der Waals surface area contributed by atoms with Gasteiger partial charge in [0.1, 0.15) is 0 Å². The Morgan fingerprint density at radius 1 is 1.04 bits per heavy atom. The van der Waals surface area contributed by atoms with Crippen LogP contribution in [-0.4, -0.2) is 53.9 Å². The van der Waals surface area contributed by atoms with Crippen molar-refractivity contribution in [3.63, 3.8) is 0 Å². The van der Waals surface area contributed by atoms with Crippen LogP contribution in [0.2, 0.25) is 0 Å². The number of piperidine rings is 2. The van der Waals surface area contributed by atoms with Gasteiger partial charge < -0.3 is 14.5 Å². The highest BCUT2D eigenvalue weighted by Crippen LogP contribution is 2.22. The molecular formula is C20H28N2O3. The van der Waals surface area contributed by atoms with E-state index < -0.39 is 0 Å². The average molecular weight is 344 g/mol. The van der Waals surface area contributed by atoms with E-state index in [0.717, 1.165) is 45.3 Å². The van der Waals surface area contributed by atoms with E-state index in [-0.39, 0.29) is 23.8 Å². The predicted molar refractivity (Wildman–Crippen MR) is 95.8 cm³/mol. The van der Waals surface area contributed by atoms with E-state index in [1.165, 1.54) is 5.56 Å². The maximum absolute atomic E-state index is 12.8. The molecule has 0 aromatic heterocycles. The molecule has 2 saturated heterocycles. The van der Waals surface area contributed by atoms with E-state index >= 15 is 0 Å². The first-order chi connectivity index (χ1) is 12.1. The number of rotatable bonds is 4. The number of carbonyl (C=O) groups excluding carboxylic acids is 2. The van der Waals surface area contributed by atoms with Gasteiger partial charge in [0, 0.05) is 33.1 Å². The van der Waals surface area contributed by atoms with Crippen molar-refractivity contribution in [3.05, 3.63) is 35.9 Å². The molecule has 25 heavy (non-hydrogen) atoms. The Morgan fingerprint density at radius 3 is 2.44 bits per heavy atom. The van der Waals surface area contributed by atoms with E-state index in [9.17, 15) is 9.59 Å². The van der Waals surface area contributed by atoms with Gasteiger partial charge in [0.15, 0.2) is 0 Å². The second kappa shape index (κ2) is 8.48. The third-order valence-corrected chi connectivity index (χ3v) is 5.30. The molecule has 2 amide bonds. The van der Waals surface area contributed by atoms with Gasteiger partial charge in [-0.2, -0.15) is 0 Å². The molecule has 2 fully saturated rings. The third-order valence-electron chi connectivity index (χ3n) is 5.30. The Hall–Kier alpha value is -1.88. The van der Waals surface area contributed by atoms with Crippen LogP contribution in [0, 0.1) is 5.92 Å². The SMILES string of the molecule is CC(=O)N1CCCC(C(=O)N2CCC(OCc3ccccc3)CC2)C1. The Bertz CT molecular complexity index is 582. The molecule has 1 aromatic rings.